The third-order valence-corrected chi connectivity index (χ3v) is 3.12. The van der Waals surface area contributed by atoms with E-state index < -0.39 is 0 Å². The van der Waals surface area contributed by atoms with Gasteiger partial charge in [-0.15, -0.1) is 0 Å². The van der Waals surface area contributed by atoms with E-state index in [1.54, 1.807) is 6.20 Å². The summed E-state index contributed by atoms with van der Waals surface area (Å²) in [6.45, 7) is 9.60. The molecule has 106 valence electrons. The van der Waals surface area contributed by atoms with Gasteiger partial charge in [-0.2, -0.15) is 4.98 Å². The number of aromatic nitrogens is 2. The minimum absolute atomic E-state index is 0.224. The minimum Gasteiger partial charge on any atom is -0.367 e. The SMILES string of the molecule is CC(C)(C)CNc1nccc(NC2CCNCC2)n1. The molecule has 0 radical (unpaired) electrons. The predicted molar refractivity (Wildman–Crippen MR) is 79.5 cm³/mol. The fourth-order valence-corrected chi connectivity index (χ4v) is 2.04. The van der Waals surface area contributed by atoms with Gasteiger partial charge in [0.1, 0.15) is 5.82 Å². The van der Waals surface area contributed by atoms with E-state index in [4.69, 9.17) is 0 Å². The van der Waals surface area contributed by atoms with Crippen LogP contribution in [0.1, 0.15) is 33.6 Å². The monoisotopic (exact) mass is 263 g/mol. The van der Waals surface area contributed by atoms with Gasteiger partial charge in [0.05, 0.1) is 0 Å². The molecule has 1 aromatic rings. The van der Waals surface area contributed by atoms with E-state index in [1.807, 2.05) is 6.07 Å². The molecule has 0 atom stereocenters. The molecule has 0 amide bonds. The van der Waals surface area contributed by atoms with Crippen LogP contribution in [0.4, 0.5) is 11.8 Å². The van der Waals surface area contributed by atoms with Gasteiger partial charge in [-0.05, 0) is 37.4 Å². The Balaban J connectivity index is 1.90. The summed E-state index contributed by atoms with van der Waals surface area (Å²) in [5, 5.41) is 10.1. The van der Waals surface area contributed by atoms with Gasteiger partial charge in [-0.25, -0.2) is 4.98 Å². The number of nitrogens with one attached hydrogen (secondary N) is 3. The Morgan fingerprint density at radius 2 is 2.05 bits per heavy atom. The topological polar surface area (TPSA) is 61.9 Å². The molecule has 0 aliphatic carbocycles. The summed E-state index contributed by atoms with van der Waals surface area (Å²) in [5.74, 6) is 1.62. The van der Waals surface area contributed by atoms with Crippen LogP contribution in [-0.2, 0) is 0 Å². The van der Waals surface area contributed by atoms with Crippen molar-refractivity contribution in [2.75, 3.05) is 30.3 Å². The van der Waals surface area contributed by atoms with E-state index >= 15 is 0 Å². The lowest BCUT2D eigenvalue weighted by molar-refractivity contribution is 0.441. The first-order chi connectivity index (χ1) is 9.03. The van der Waals surface area contributed by atoms with Gasteiger partial charge in [0.25, 0.3) is 0 Å². The van der Waals surface area contributed by atoms with Crippen molar-refractivity contribution >= 4 is 11.8 Å². The fourth-order valence-electron chi connectivity index (χ4n) is 2.04. The van der Waals surface area contributed by atoms with E-state index in [0.29, 0.717) is 12.0 Å². The largest absolute Gasteiger partial charge is 0.367 e. The summed E-state index contributed by atoms with van der Waals surface area (Å²) in [6.07, 6.45) is 4.10. The summed E-state index contributed by atoms with van der Waals surface area (Å²) in [7, 11) is 0. The van der Waals surface area contributed by atoms with Gasteiger partial charge in [-0.3, -0.25) is 0 Å². The van der Waals surface area contributed by atoms with E-state index in [9.17, 15) is 0 Å². The average molecular weight is 263 g/mol. The third kappa shape index (κ3) is 5.03. The summed E-state index contributed by atoms with van der Waals surface area (Å²) < 4.78 is 0. The highest BCUT2D eigenvalue weighted by Gasteiger charge is 2.14. The number of rotatable bonds is 4. The molecule has 0 spiro atoms. The van der Waals surface area contributed by atoms with Crippen molar-refractivity contribution in [1.29, 1.82) is 0 Å². The number of hydrogen-bond donors (Lipinski definition) is 3. The second kappa shape index (κ2) is 6.19. The van der Waals surface area contributed by atoms with Crippen LogP contribution in [0.25, 0.3) is 0 Å². The normalized spacial score (nSPS) is 17.2. The highest BCUT2D eigenvalue weighted by atomic mass is 15.1. The van der Waals surface area contributed by atoms with Crippen LogP contribution in [0.15, 0.2) is 12.3 Å². The van der Waals surface area contributed by atoms with Crippen molar-refractivity contribution in [3.63, 3.8) is 0 Å². The van der Waals surface area contributed by atoms with E-state index in [1.165, 1.54) is 0 Å². The number of hydrogen-bond acceptors (Lipinski definition) is 5. The second-order valence-corrected chi connectivity index (χ2v) is 6.35. The zero-order valence-corrected chi connectivity index (χ0v) is 12.2. The Hall–Kier alpha value is -1.36. The zero-order valence-electron chi connectivity index (χ0n) is 12.2. The molecule has 1 aliphatic heterocycles. The van der Waals surface area contributed by atoms with Gasteiger partial charge in [0, 0.05) is 18.8 Å². The molecular formula is C14H25N5. The Bertz CT molecular complexity index is 393. The number of piperidine rings is 1. The van der Waals surface area contributed by atoms with Crippen molar-refractivity contribution in [1.82, 2.24) is 15.3 Å². The molecule has 1 aromatic heterocycles. The van der Waals surface area contributed by atoms with Crippen molar-refractivity contribution in [2.24, 2.45) is 5.41 Å². The minimum atomic E-state index is 0.224. The van der Waals surface area contributed by atoms with Gasteiger partial charge in [-0.1, -0.05) is 20.8 Å². The fraction of sp³-hybridized carbons (Fsp3) is 0.714. The summed E-state index contributed by atoms with van der Waals surface area (Å²) in [6, 6.07) is 2.45. The van der Waals surface area contributed by atoms with Crippen LogP contribution < -0.4 is 16.0 Å². The second-order valence-electron chi connectivity index (χ2n) is 6.35. The molecule has 5 heteroatoms. The first kappa shape index (κ1) is 14.1. The Morgan fingerprint density at radius 1 is 1.32 bits per heavy atom. The van der Waals surface area contributed by atoms with E-state index in [2.05, 4.69) is 46.7 Å². The van der Waals surface area contributed by atoms with Crippen molar-refractivity contribution < 1.29 is 0 Å². The van der Waals surface area contributed by atoms with E-state index in [0.717, 1.165) is 38.3 Å². The van der Waals surface area contributed by atoms with Crippen molar-refractivity contribution in [2.45, 2.75) is 39.7 Å². The first-order valence-electron chi connectivity index (χ1n) is 7.07. The Morgan fingerprint density at radius 3 is 2.74 bits per heavy atom. The molecule has 1 saturated heterocycles. The maximum atomic E-state index is 4.52. The molecule has 1 aliphatic rings. The molecule has 0 bridgehead atoms. The molecule has 0 saturated carbocycles. The Labute approximate surface area is 115 Å². The smallest absolute Gasteiger partial charge is 0.224 e. The number of anilines is 2. The lowest BCUT2D eigenvalue weighted by Crippen LogP contribution is -2.35. The molecule has 5 nitrogen and oxygen atoms in total. The number of nitrogens with zero attached hydrogens (tertiary/aromatic N) is 2. The van der Waals surface area contributed by atoms with Crippen LogP contribution in [0.5, 0.6) is 0 Å². The summed E-state index contributed by atoms with van der Waals surface area (Å²) in [5.41, 5.74) is 0.224. The van der Waals surface area contributed by atoms with Crippen LogP contribution in [0.2, 0.25) is 0 Å². The van der Waals surface area contributed by atoms with Crippen LogP contribution in [0.3, 0.4) is 0 Å². The van der Waals surface area contributed by atoms with Crippen LogP contribution >= 0.6 is 0 Å². The molecular weight excluding hydrogens is 238 g/mol. The highest BCUT2D eigenvalue weighted by Crippen LogP contribution is 2.15. The van der Waals surface area contributed by atoms with Gasteiger partial charge < -0.3 is 16.0 Å². The average Bonchev–Trinajstić information content (AvgIpc) is 2.37. The van der Waals surface area contributed by atoms with Gasteiger partial charge in [0.2, 0.25) is 5.95 Å². The van der Waals surface area contributed by atoms with Gasteiger partial charge in [0.15, 0.2) is 0 Å². The molecule has 0 aromatic carbocycles. The standard InChI is InChI=1S/C14H25N5/c1-14(2,3)10-17-13-16-9-6-12(19-13)18-11-4-7-15-8-5-11/h6,9,11,15H,4-5,7-8,10H2,1-3H3,(H2,16,17,18,19). The molecule has 1 fully saturated rings. The first-order valence-corrected chi connectivity index (χ1v) is 7.07. The zero-order chi connectivity index (χ0) is 13.7. The van der Waals surface area contributed by atoms with Crippen molar-refractivity contribution in [3.8, 4) is 0 Å². The maximum Gasteiger partial charge on any atom is 0.224 e. The molecule has 19 heavy (non-hydrogen) atoms. The van der Waals surface area contributed by atoms with Gasteiger partial charge >= 0.3 is 0 Å². The lowest BCUT2D eigenvalue weighted by Gasteiger charge is -2.24. The predicted octanol–water partition coefficient (Wildman–Crippen LogP) is 2.10. The summed E-state index contributed by atoms with van der Waals surface area (Å²) in [4.78, 5) is 8.78. The maximum absolute atomic E-state index is 4.52. The highest BCUT2D eigenvalue weighted by molar-refractivity contribution is 5.40. The molecule has 3 N–H and O–H groups in total. The quantitative estimate of drug-likeness (QED) is 0.776. The molecule has 2 rings (SSSR count). The molecule has 2 heterocycles. The van der Waals surface area contributed by atoms with Crippen LogP contribution in [0, 0.1) is 5.41 Å². The third-order valence-electron chi connectivity index (χ3n) is 3.12. The summed E-state index contributed by atoms with van der Waals surface area (Å²) >= 11 is 0. The van der Waals surface area contributed by atoms with E-state index in [-0.39, 0.29) is 5.41 Å². The van der Waals surface area contributed by atoms with Crippen LogP contribution in [-0.4, -0.2) is 35.6 Å². The lowest BCUT2D eigenvalue weighted by atomic mass is 9.97. The molecule has 0 unspecified atom stereocenters. The van der Waals surface area contributed by atoms with Crippen molar-refractivity contribution in [3.05, 3.63) is 12.3 Å². The Kier molecular flexibility index (Phi) is 4.58.